The van der Waals surface area contributed by atoms with Gasteiger partial charge in [0.1, 0.15) is 0 Å². The minimum absolute atomic E-state index is 0. The average Bonchev–Trinajstić information content (AvgIpc) is 0.722. The van der Waals surface area contributed by atoms with Gasteiger partial charge in [0.05, 0.1) is 0 Å². The summed E-state index contributed by atoms with van der Waals surface area (Å²) in [6.45, 7) is 0. The van der Waals surface area contributed by atoms with Crippen molar-refractivity contribution in [1.82, 2.24) is 0 Å². The zero-order valence-corrected chi connectivity index (χ0v) is 16.8. The Morgan fingerprint density at radius 3 is 1.00 bits per heavy atom. The van der Waals surface area contributed by atoms with Crippen LogP contribution in [0.25, 0.3) is 0 Å². The molecule has 0 aliphatic rings. The molecule has 4 nitrogen and oxygen atoms in total. The molecule has 7 heavy (non-hydrogen) atoms. The van der Waals surface area contributed by atoms with Gasteiger partial charge in [0.2, 0.25) is 0 Å². The van der Waals surface area contributed by atoms with E-state index < -0.39 is 16.7 Å². The molecule has 0 spiro atoms. The Kier molecular flexibility index (Phi) is 19.3. The molecule has 0 aromatic carbocycles. The van der Waals surface area contributed by atoms with Gasteiger partial charge in [-0.05, 0) is 0 Å². The second-order valence-electron chi connectivity index (χ2n) is 0.408. The molecule has 0 amide bonds. The van der Waals surface area contributed by atoms with Crippen molar-refractivity contribution < 1.29 is 147 Å². The molecule has 0 radical (unpaired) electrons. The third-order valence-corrected chi connectivity index (χ3v) is 0. The SMILES string of the molecule is [O]=[W](=[O])([O-])[O-].[Rb+].[Rb+]. The molecule has 0 aromatic heterocycles. The van der Waals surface area contributed by atoms with E-state index in [2.05, 4.69) is 0 Å². The van der Waals surface area contributed by atoms with Gasteiger partial charge in [0.25, 0.3) is 0 Å². The van der Waals surface area contributed by atoms with E-state index in [1.807, 2.05) is 0 Å². The van der Waals surface area contributed by atoms with E-state index in [0.717, 1.165) is 0 Å². The Morgan fingerprint density at radius 1 is 1.00 bits per heavy atom. The molecular weight excluding hydrogens is 419 g/mol. The molecule has 0 saturated carbocycles. The third kappa shape index (κ3) is 41.2. The normalized spacial score (nSPS) is 8.29. The van der Waals surface area contributed by atoms with Crippen molar-refractivity contribution in [3.63, 3.8) is 0 Å². The van der Waals surface area contributed by atoms with Crippen LogP contribution >= 0.6 is 0 Å². The van der Waals surface area contributed by atoms with E-state index >= 15 is 0 Å². The summed E-state index contributed by atoms with van der Waals surface area (Å²) >= 11 is -6.17. The minimum atomic E-state index is -6.17. The molecule has 0 bridgehead atoms. The van der Waals surface area contributed by atoms with E-state index in [9.17, 15) is 0 Å². The summed E-state index contributed by atoms with van der Waals surface area (Å²) in [7, 11) is 0. The molecule has 0 N–H and O–H groups in total. The van der Waals surface area contributed by atoms with Gasteiger partial charge in [0, 0.05) is 0 Å². The van der Waals surface area contributed by atoms with Crippen LogP contribution in [-0.4, -0.2) is 0 Å². The van der Waals surface area contributed by atoms with E-state index in [0.29, 0.717) is 0 Å². The van der Waals surface area contributed by atoms with Crippen LogP contribution < -0.4 is 124 Å². The Hall–Kier alpha value is 3.82. The minimum Gasteiger partial charge on any atom is 1.00 e. The molecule has 0 aliphatic heterocycles. The summed E-state index contributed by atoms with van der Waals surface area (Å²) in [4.78, 5) is 0. The fourth-order valence-electron chi connectivity index (χ4n) is 0. The van der Waals surface area contributed by atoms with E-state index in [4.69, 9.17) is 14.3 Å². The molecule has 0 fully saturated rings. The van der Waals surface area contributed by atoms with Crippen LogP contribution in [0, 0.1) is 0 Å². The van der Waals surface area contributed by atoms with E-state index in [1.54, 1.807) is 0 Å². The molecular formula is O4Rb2W. The second kappa shape index (κ2) is 7.92. The Morgan fingerprint density at radius 2 is 1.00 bits per heavy atom. The van der Waals surface area contributed by atoms with Crippen LogP contribution in [-0.2, 0) is 23.5 Å². The van der Waals surface area contributed by atoms with Crippen LogP contribution in [0.15, 0.2) is 0 Å². The van der Waals surface area contributed by atoms with Gasteiger partial charge in [-0.25, -0.2) is 0 Å². The van der Waals surface area contributed by atoms with Crippen LogP contribution in [0.5, 0.6) is 0 Å². The first-order valence-electron chi connectivity index (χ1n) is 0.667. The van der Waals surface area contributed by atoms with Crippen LogP contribution in [0.2, 0.25) is 0 Å². The first kappa shape index (κ1) is 17.1. The van der Waals surface area contributed by atoms with Gasteiger partial charge < -0.3 is 0 Å². The maximum atomic E-state index is 8.65. The maximum absolute atomic E-state index is 8.65. The topological polar surface area (TPSA) is 80.3 Å². The van der Waals surface area contributed by atoms with Crippen molar-refractivity contribution in [2.45, 2.75) is 0 Å². The summed E-state index contributed by atoms with van der Waals surface area (Å²) in [6, 6.07) is 0. The van der Waals surface area contributed by atoms with E-state index in [1.165, 1.54) is 0 Å². The molecule has 0 rings (SSSR count). The van der Waals surface area contributed by atoms with Gasteiger partial charge >= 0.3 is 147 Å². The molecule has 0 heterocycles. The molecule has 0 aromatic rings. The molecule has 0 atom stereocenters. The average molecular weight is 419 g/mol. The smallest absolute Gasteiger partial charge is 1.00 e. The zero-order chi connectivity index (χ0) is 4.50. The quantitative estimate of drug-likeness (QED) is 0.391. The predicted molar refractivity (Wildman–Crippen MR) is 1.37 cm³/mol. The summed E-state index contributed by atoms with van der Waals surface area (Å²) in [5.74, 6) is 0. The largest absolute Gasteiger partial charge is 1.00 e. The maximum Gasteiger partial charge on any atom is 1.00 e. The van der Waals surface area contributed by atoms with Crippen molar-refractivity contribution in [2.75, 3.05) is 0 Å². The number of hydrogen-bond acceptors (Lipinski definition) is 4. The van der Waals surface area contributed by atoms with Crippen molar-refractivity contribution in [3.8, 4) is 0 Å². The monoisotopic (exact) mass is 418 g/mol. The Balaban J connectivity index is -0.0000000800. The third-order valence-electron chi connectivity index (χ3n) is 0. The van der Waals surface area contributed by atoms with Crippen molar-refractivity contribution >= 4 is 0 Å². The summed E-state index contributed by atoms with van der Waals surface area (Å²) in [6.07, 6.45) is 0. The Bertz CT molecular complexity index is 92.9. The molecule has 0 saturated heterocycles. The molecule has 32 valence electrons. The molecule has 0 aliphatic carbocycles. The number of rotatable bonds is 0. The van der Waals surface area contributed by atoms with Gasteiger partial charge in [-0.3, -0.25) is 0 Å². The summed E-state index contributed by atoms with van der Waals surface area (Å²) in [5.41, 5.74) is 0. The molecule has 7 heteroatoms. The van der Waals surface area contributed by atoms with Crippen molar-refractivity contribution in [1.29, 1.82) is 0 Å². The number of hydrogen-bond donors (Lipinski definition) is 0. The van der Waals surface area contributed by atoms with E-state index in [-0.39, 0.29) is 116 Å². The zero-order valence-electron chi connectivity index (χ0n) is 4.04. The standard InChI is InChI=1S/4O.2Rb.W/q;;2*-1;2*+1;. The van der Waals surface area contributed by atoms with Gasteiger partial charge in [0.15, 0.2) is 0 Å². The first-order valence-corrected chi connectivity index (χ1v) is 5.46. The van der Waals surface area contributed by atoms with Crippen molar-refractivity contribution in [3.05, 3.63) is 0 Å². The van der Waals surface area contributed by atoms with Crippen LogP contribution in [0.4, 0.5) is 0 Å². The summed E-state index contributed by atoms with van der Waals surface area (Å²) < 4.78 is 34.6. The van der Waals surface area contributed by atoms with Crippen LogP contribution in [0.1, 0.15) is 0 Å². The predicted octanol–water partition coefficient (Wildman–Crippen LogP) is -8.61. The van der Waals surface area contributed by atoms with Gasteiger partial charge in [-0.15, -0.1) is 0 Å². The Labute approximate surface area is 142 Å². The van der Waals surface area contributed by atoms with Gasteiger partial charge in [-0.1, -0.05) is 0 Å². The van der Waals surface area contributed by atoms with Gasteiger partial charge in [-0.2, -0.15) is 0 Å². The van der Waals surface area contributed by atoms with Crippen LogP contribution in [0.3, 0.4) is 0 Å². The van der Waals surface area contributed by atoms with Crippen molar-refractivity contribution in [2.24, 2.45) is 0 Å². The second-order valence-corrected chi connectivity index (χ2v) is 3.34. The summed E-state index contributed by atoms with van der Waals surface area (Å²) in [5, 5.41) is 0. The first-order chi connectivity index (χ1) is 2.00. The fraction of sp³-hybridized carbons (Fsp3) is 0. The molecule has 0 unspecified atom stereocenters. The fourth-order valence-corrected chi connectivity index (χ4v) is 0.